The normalized spacial score (nSPS) is 31.4. The van der Waals surface area contributed by atoms with Gasteiger partial charge in [0.1, 0.15) is 0 Å². The SMILES string of the molecule is CC[C@]1(c2ccccc2)C[C@@]1(OC)O[Si](C)(C)C. The van der Waals surface area contributed by atoms with Gasteiger partial charge < -0.3 is 9.16 Å². The van der Waals surface area contributed by atoms with E-state index in [1.807, 2.05) is 0 Å². The second-order valence-electron chi connectivity index (χ2n) is 6.15. The number of methoxy groups -OCH3 is 1. The predicted molar refractivity (Wildman–Crippen MR) is 77.2 cm³/mol. The third-order valence-electron chi connectivity index (χ3n) is 3.87. The summed E-state index contributed by atoms with van der Waals surface area (Å²) in [5.41, 5.74) is 1.39. The largest absolute Gasteiger partial charge is 0.390 e. The van der Waals surface area contributed by atoms with Crippen LogP contribution < -0.4 is 0 Å². The summed E-state index contributed by atoms with van der Waals surface area (Å²) in [5.74, 6) is -0.395. The van der Waals surface area contributed by atoms with Crippen molar-refractivity contribution >= 4 is 8.32 Å². The van der Waals surface area contributed by atoms with Crippen LogP contribution >= 0.6 is 0 Å². The molecule has 0 saturated heterocycles. The third-order valence-corrected chi connectivity index (χ3v) is 4.81. The van der Waals surface area contributed by atoms with Crippen LogP contribution in [0, 0.1) is 0 Å². The Kier molecular flexibility index (Phi) is 3.43. The Morgan fingerprint density at radius 2 is 1.78 bits per heavy atom. The fourth-order valence-corrected chi connectivity index (χ4v) is 4.31. The lowest BCUT2D eigenvalue weighted by Crippen LogP contribution is -2.39. The lowest BCUT2D eigenvalue weighted by molar-refractivity contribution is -0.105. The Morgan fingerprint density at radius 1 is 1.17 bits per heavy atom. The Balaban J connectivity index is 2.32. The number of hydrogen-bond donors (Lipinski definition) is 0. The predicted octanol–water partition coefficient (Wildman–Crippen LogP) is 3.93. The van der Waals surface area contributed by atoms with Crippen molar-refractivity contribution in [2.24, 2.45) is 0 Å². The number of ether oxygens (including phenoxy) is 1. The summed E-state index contributed by atoms with van der Waals surface area (Å²) in [6, 6.07) is 10.6. The fourth-order valence-electron chi connectivity index (χ4n) is 2.97. The summed E-state index contributed by atoms with van der Waals surface area (Å²) < 4.78 is 12.2. The molecule has 0 aliphatic heterocycles. The monoisotopic (exact) mass is 264 g/mol. The first-order valence-corrected chi connectivity index (χ1v) is 10.1. The molecule has 100 valence electrons. The van der Waals surface area contributed by atoms with E-state index >= 15 is 0 Å². The van der Waals surface area contributed by atoms with Gasteiger partial charge in [-0.1, -0.05) is 37.3 Å². The highest BCUT2D eigenvalue weighted by Gasteiger charge is 2.70. The van der Waals surface area contributed by atoms with Crippen molar-refractivity contribution in [3.8, 4) is 0 Å². The molecule has 1 aliphatic carbocycles. The van der Waals surface area contributed by atoms with Crippen LogP contribution in [0.3, 0.4) is 0 Å². The van der Waals surface area contributed by atoms with Crippen molar-refractivity contribution in [3.05, 3.63) is 35.9 Å². The molecule has 0 amide bonds. The fraction of sp³-hybridized carbons (Fsp3) is 0.600. The molecule has 1 saturated carbocycles. The Morgan fingerprint density at radius 3 is 2.22 bits per heavy atom. The Labute approximate surface area is 111 Å². The third kappa shape index (κ3) is 2.15. The molecular weight excluding hydrogens is 240 g/mol. The molecule has 18 heavy (non-hydrogen) atoms. The standard InChI is InChI=1S/C15H24O2Si/c1-6-14(13-10-8-7-9-11-13)12-15(14,16-2)17-18(3,4)5/h7-11H,6,12H2,1-5H3/t14-,15-/m1/s1. The molecule has 0 N–H and O–H groups in total. The first-order valence-electron chi connectivity index (χ1n) is 6.70. The smallest absolute Gasteiger partial charge is 0.187 e. The van der Waals surface area contributed by atoms with Crippen LogP contribution in [0.5, 0.6) is 0 Å². The van der Waals surface area contributed by atoms with E-state index in [2.05, 4.69) is 56.9 Å². The van der Waals surface area contributed by atoms with Gasteiger partial charge in [0, 0.05) is 13.5 Å². The van der Waals surface area contributed by atoms with Crippen molar-refractivity contribution in [1.29, 1.82) is 0 Å². The average molecular weight is 264 g/mol. The molecule has 2 atom stereocenters. The molecule has 1 aliphatic rings. The highest BCUT2D eigenvalue weighted by molar-refractivity contribution is 6.69. The zero-order valence-corrected chi connectivity index (χ0v) is 13.1. The van der Waals surface area contributed by atoms with Gasteiger partial charge in [0.15, 0.2) is 14.1 Å². The summed E-state index contributed by atoms with van der Waals surface area (Å²) in [6.45, 7) is 8.88. The van der Waals surface area contributed by atoms with Gasteiger partial charge in [-0.25, -0.2) is 0 Å². The summed E-state index contributed by atoms with van der Waals surface area (Å²) in [7, 11) is 0.164. The molecule has 2 rings (SSSR count). The summed E-state index contributed by atoms with van der Waals surface area (Å²) in [6.07, 6.45) is 2.02. The summed E-state index contributed by atoms with van der Waals surface area (Å²) in [5, 5.41) is 0. The van der Waals surface area contributed by atoms with Crippen molar-refractivity contribution < 1.29 is 9.16 Å². The topological polar surface area (TPSA) is 18.5 Å². The summed E-state index contributed by atoms with van der Waals surface area (Å²) in [4.78, 5) is 0. The van der Waals surface area contributed by atoms with Gasteiger partial charge in [-0.15, -0.1) is 0 Å². The van der Waals surface area contributed by atoms with E-state index in [9.17, 15) is 0 Å². The Bertz CT molecular complexity index is 412. The number of rotatable bonds is 5. The van der Waals surface area contributed by atoms with Crippen LogP contribution in [-0.4, -0.2) is 21.2 Å². The van der Waals surface area contributed by atoms with E-state index < -0.39 is 14.1 Å². The van der Waals surface area contributed by atoms with E-state index in [0.29, 0.717) is 0 Å². The molecule has 2 nitrogen and oxygen atoms in total. The zero-order chi connectivity index (χ0) is 13.4. The van der Waals surface area contributed by atoms with Crippen LogP contribution in [0.15, 0.2) is 30.3 Å². The van der Waals surface area contributed by atoms with E-state index in [0.717, 1.165) is 12.8 Å². The molecule has 0 spiro atoms. The molecule has 1 fully saturated rings. The van der Waals surface area contributed by atoms with Crippen molar-refractivity contribution in [3.63, 3.8) is 0 Å². The van der Waals surface area contributed by atoms with Gasteiger partial charge in [0.25, 0.3) is 0 Å². The molecule has 1 aromatic carbocycles. The Hall–Kier alpha value is -0.643. The van der Waals surface area contributed by atoms with Crippen molar-refractivity contribution in [2.75, 3.05) is 7.11 Å². The molecule has 0 heterocycles. The molecule has 0 unspecified atom stereocenters. The molecular formula is C15H24O2Si. The summed E-state index contributed by atoms with van der Waals surface area (Å²) >= 11 is 0. The second kappa shape index (κ2) is 4.48. The van der Waals surface area contributed by atoms with Crippen molar-refractivity contribution in [2.45, 2.75) is 50.6 Å². The van der Waals surface area contributed by atoms with Crippen molar-refractivity contribution in [1.82, 2.24) is 0 Å². The minimum absolute atomic E-state index is 0.0449. The maximum Gasteiger partial charge on any atom is 0.187 e. The quantitative estimate of drug-likeness (QED) is 0.592. The van der Waals surface area contributed by atoms with Gasteiger partial charge in [-0.3, -0.25) is 0 Å². The lowest BCUT2D eigenvalue weighted by atomic mass is 9.92. The van der Waals surface area contributed by atoms with Crippen LogP contribution in [0.1, 0.15) is 25.3 Å². The molecule has 0 aromatic heterocycles. The molecule has 0 radical (unpaired) electrons. The van der Waals surface area contributed by atoms with E-state index in [-0.39, 0.29) is 5.41 Å². The highest BCUT2D eigenvalue weighted by atomic mass is 28.4. The first-order chi connectivity index (χ1) is 8.39. The second-order valence-corrected chi connectivity index (χ2v) is 10.6. The average Bonchev–Trinajstić information content (AvgIpc) is 2.98. The maximum absolute atomic E-state index is 6.36. The highest BCUT2D eigenvalue weighted by Crippen LogP contribution is 2.63. The van der Waals surface area contributed by atoms with Crippen LogP contribution in [0.4, 0.5) is 0 Å². The molecule has 0 bridgehead atoms. The molecule has 1 aromatic rings. The first kappa shape index (κ1) is 13.8. The van der Waals surface area contributed by atoms with E-state index in [1.165, 1.54) is 5.56 Å². The van der Waals surface area contributed by atoms with Crippen LogP contribution in [0.25, 0.3) is 0 Å². The lowest BCUT2D eigenvalue weighted by Gasteiger charge is -2.30. The van der Waals surface area contributed by atoms with Crippen LogP contribution in [-0.2, 0) is 14.6 Å². The minimum Gasteiger partial charge on any atom is -0.390 e. The molecule has 3 heteroatoms. The maximum atomic E-state index is 6.36. The van der Waals surface area contributed by atoms with E-state index in [1.54, 1.807) is 7.11 Å². The number of benzene rings is 1. The van der Waals surface area contributed by atoms with Gasteiger partial charge >= 0.3 is 0 Å². The van der Waals surface area contributed by atoms with Crippen LogP contribution in [0.2, 0.25) is 19.6 Å². The van der Waals surface area contributed by atoms with Gasteiger partial charge in [0.05, 0.1) is 5.41 Å². The van der Waals surface area contributed by atoms with E-state index in [4.69, 9.17) is 9.16 Å². The number of hydrogen-bond acceptors (Lipinski definition) is 2. The zero-order valence-electron chi connectivity index (χ0n) is 12.1. The van der Waals surface area contributed by atoms with Gasteiger partial charge in [-0.05, 0) is 31.6 Å². The van der Waals surface area contributed by atoms with Gasteiger partial charge in [0.2, 0.25) is 0 Å². The minimum atomic E-state index is -1.61. The van der Waals surface area contributed by atoms with Gasteiger partial charge in [-0.2, -0.15) is 0 Å².